The van der Waals surface area contributed by atoms with Crippen LogP contribution >= 0.6 is 0 Å². The molecule has 138 valence electrons. The molecule has 2 nitrogen and oxygen atoms in total. The lowest BCUT2D eigenvalue weighted by molar-refractivity contribution is -0.615. The first-order valence-electron chi connectivity index (χ1n) is 10.5. The van der Waals surface area contributed by atoms with Crippen LogP contribution in [0.1, 0.15) is 115 Å². The fourth-order valence-electron chi connectivity index (χ4n) is 3.54. The van der Waals surface area contributed by atoms with Crippen LogP contribution in [0.3, 0.4) is 0 Å². The predicted octanol–water partition coefficient (Wildman–Crippen LogP) is 6.90. The van der Waals surface area contributed by atoms with Crippen LogP contribution in [0.15, 0.2) is 24.4 Å². The highest BCUT2D eigenvalue weighted by molar-refractivity contribution is 5.04. The first-order chi connectivity index (χ1) is 11.8. The minimum absolute atomic E-state index is 0.445. The summed E-state index contributed by atoms with van der Waals surface area (Å²) in [6.45, 7) is 4.53. The molecule has 1 rings (SSSR count). The molecule has 0 radical (unpaired) electrons. The van der Waals surface area contributed by atoms with Gasteiger partial charge < -0.3 is 5.21 Å². The molecule has 0 spiro atoms. The van der Waals surface area contributed by atoms with E-state index in [-0.39, 0.29) is 0 Å². The van der Waals surface area contributed by atoms with Gasteiger partial charge in [-0.1, -0.05) is 97.0 Å². The number of unbranched alkanes of at least 4 members (excludes halogenated alkanes) is 10. The zero-order chi connectivity index (χ0) is 17.5. The van der Waals surface area contributed by atoms with Crippen LogP contribution < -0.4 is 4.73 Å². The third-order valence-corrected chi connectivity index (χ3v) is 5.08. The maximum atomic E-state index is 12.1. The third kappa shape index (κ3) is 9.30. The van der Waals surface area contributed by atoms with Crippen LogP contribution in [0.2, 0.25) is 0 Å². The van der Waals surface area contributed by atoms with Crippen molar-refractivity contribution in [2.75, 3.05) is 0 Å². The van der Waals surface area contributed by atoms with E-state index in [1.165, 1.54) is 89.9 Å². The summed E-state index contributed by atoms with van der Waals surface area (Å²) >= 11 is 0. The number of aromatic nitrogens is 1. The Labute approximate surface area is 150 Å². The second-order valence-corrected chi connectivity index (χ2v) is 7.26. The number of hydrogen-bond acceptors (Lipinski definition) is 1. The molecule has 0 atom stereocenters. The van der Waals surface area contributed by atoms with Crippen molar-refractivity contribution >= 4 is 0 Å². The van der Waals surface area contributed by atoms with Crippen LogP contribution in [-0.4, -0.2) is 0 Å². The van der Waals surface area contributed by atoms with Crippen LogP contribution in [0.4, 0.5) is 0 Å². The second-order valence-electron chi connectivity index (χ2n) is 7.26. The first-order valence-corrected chi connectivity index (χ1v) is 10.5. The molecule has 24 heavy (non-hydrogen) atoms. The number of nitrogens with zero attached hydrogens (tertiary/aromatic N) is 1. The van der Waals surface area contributed by atoms with Crippen molar-refractivity contribution in [3.05, 3.63) is 35.3 Å². The summed E-state index contributed by atoms with van der Waals surface area (Å²) < 4.78 is 1.10. The molecule has 0 bridgehead atoms. The van der Waals surface area contributed by atoms with Gasteiger partial charge in [0.25, 0.3) is 0 Å². The van der Waals surface area contributed by atoms with Crippen molar-refractivity contribution in [2.45, 2.75) is 110 Å². The number of hydrogen-bond donors (Lipinski definition) is 0. The molecular formula is C22H39NO. The number of pyridine rings is 1. The van der Waals surface area contributed by atoms with Crippen molar-refractivity contribution in [1.82, 2.24) is 0 Å². The van der Waals surface area contributed by atoms with Gasteiger partial charge in [-0.25, -0.2) is 0 Å². The molecule has 0 fully saturated rings. The van der Waals surface area contributed by atoms with E-state index in [0.29, 0.717) is 5.92 Å². The molecule has 0 unspecified atom stereocenters. The topological polar surface area (TPSA) is 26.9 Å². The summed E-state index contributed by atoms with van der Waals surface area (Å²) in [6, 6.07) is 5.88. The standard InChI is InChI=1S/C22H39NO/c1-3-5-7-9-11-13-17-21(18-14-12-10-8-6-4-2)22-19-15-16-20-23(22)24/h15-16,19-21H,3-14,17-18H2,1-2H3. The predicted molar refractivity (Wildman–Crippen MR) is 104 cm³/mol. The van der Waals surface area contributed by atoms with Gasteiger partial charge in [-0.2, -0.15) is 4.73 Å². The van der Waals surface area contributed by atoms with E-state index in [4.69, 9.17) is 0 Å². The van der Waals surface area contributed by atoms with Crippen LogP contribution in [0.25, 0.3) is 0 Å². The Bertz CT molecular complexity index is 389. The lowest BCUT2D eigenvalue weighted by Crippen LogP contribution is -2.32. The molecule has 0 aliphatic heterocycles. The molecule has 0 aliphatic rings. The van der Waals surface area contributed by atoms with Gasteiger partial charge in [-0.3, -0.25) is 0 Å². The van der Waals surface area contributed by atoms with Crippen molar-refractivity contribution < 1.29 is 4.73 Å². The summed E-state index contributed by atoms with van der Waals surface area (Å²) in [4.78, 5) is 0. The normalized spacial score (nSPS) is 11.3. The molecule has 0 saturated carbocycles. The minimum Gasteiger partial charge on any atom is -0.618 e. The quantitative estimate of drug-likeness (QED) is 0.195. The Kier molecular flexibility index (Phi) is 12.5. The van der Waals surface area contributed by atoms with Crippen molar-refractivity contribution in [1.29, 1.82) is 0 Å². The monoisotopic (exact) mass is 333 g/mol. The van der Waals surface area contributed by atoms with Gasteiger partial charge in [0.1, 0.15) is 0 Å². The van der Waals surface area contributed by atoms with Gasteiger partial charge in [0.15, 0.2) is 11.9 Å². The highest BCUT2D eigenvalue weighted by Crippen LogP contribution is 2.26. The first kappa shape index (κ1) is 21.0. The number of rotatable bonds is 15. The van der Waals surface area contributed by atoms with Gasteiger partial charge in [-0.05, 0) is 12.8 Å². The van der Waals surface area contributed by atoms with Crippen molar-refractivity contribution in [3.63, 3.8) is 0 Å². The van der Waals surface area contributed by atoms with E-state index < -0.39 is 0 Å². The average molecular weight is 334 g/mol. The maximum absolute atomic E-state index is 12.1. The molecule has 1 heterocycles. The molecule has 0 amide bonds. The molecule has 0 aromatic carbocycles. The third-order valence-electron chi connectivity index (χ3n) is 5.08. The van der Waals surface area contributed by atoms with E-state index >= 15 is 0 Å². The van der Waals surface area contributed by atoms with E-state index in [0.717, 1.165) is 10.4 Å². The van der Waals surface area contributed by atoms with Crippen LogP contribution in [0, 0.1) is 5.21 Å². The lowest BCUT2D eigenvalue weighted by Gasteiger charge is -2.16. The van der Waals surface area contributed by atoms with Crippen LogP contribution in [0.5, 0.6) is 0 Å². The average Bonchev–Trinajstić information content (AvgIpc) is 2.60. The summed E-state index contributed by atoms with van der Waals surface area (Å²) in [5, 5.41) is 12.1. The SMILES string of the molecule is CCCCCCCCC(CCCCCCCC)c1cccc[n+]1[O-]. The lowest BCUT2D eigenvalue weighted by atomic mass is 9.91. The molecule has 0 N–H and O–H groups in total. The Balaban J connectivity index is 2.38. The minimum atomic E-state index is 0.445. The summed E-state index contributed by atoms with van der Waals surface area (Å²) in [5.74, 6) is 0.445. The fraction of sp³-hybridized carbons (Fsp3) is 0.773. The zero-order valence-electron chi connectivity index (χ0n) is 16.1. The van der Waals surface area contributed by atoms with E-state index in [9.17, 15) is 5.21 Å². The molecule has 0 aliphatic carbocycles. The summed E-state index contributed by atoms with van der Waals surface area (Å²) in [7, 11) is 0. The molecular weight excluding hydrogens is 294 g/mol. The molecule has 1 aromatic heterocycles. The molecule has 2 heteroatoms. The highest BCUT2D eigenvalue weighted by atomic mass is 16.5. The largest absolute Gasteiger partial charge is 0.618 e. The van der Waals surface area contributed by atoms with Gasteiger partial charge in [0.2, 0.25) is 0 Å². The van der Waals surface area contributed by atoms with Crippen molar-refractivity contribution in [3.8, 4) is 0 Å². The van der Waals surface area contributed by atoms with Crippen LogP contribution in [-0.2, 0) is 0 Å². The zero-order valence-corrected chi connectivity index (χ0v) is 16.1. The molecule has 0 saturated heterocycles. The van der Waals surface area contributed by atoms with Gasteiger partial charge in [0, 0.05) is 18.1 Å². The fourth-order valence-corrected chi connectivity index (χ4v) is 3.54. The Morgan fingerprint density at radius 3 is 1.75 bits per heavy atom. The van der Waals surface area contributed by atoms with Gasteiger partial charge in [-0.15, -0.1) is 0 Å². The Morgan fingerprint density at radius 2 is 1.25 bits per heavy atom. The summed E-state index contributed by atoms with van der Waals surface area (Å²) in [6.07, 6.45) is 19.9. The van der Waals surface area contributed by atoms with E-state index in [1.807, 2.05) is 18.2 Å². The van der Waals surface area contributed by atoms with E-state index in [1.54, 1.807) is 6.20 Å². The molecule has 1 aromatic rings. The maximum Gasteiger partial charge on any atom is 0.195 e. The highest BCUT2D eigenvalue weighted by Gasteiger charge is 2.18. The Hall–Kier alpha value is -1.05. The van der Waals surface area contributed by atoms with E-state index in [2.05, 4.69) is 13.8 Å². The smallest absolute Gasteiger partial charge is 0.195 e. The van der Waals surface area contributed by atoms with Gasteiger partial charge >= 0.3 is 0 Å². The second kappa shape index (κ2) is 14.3. The van der Waals surface area contributed by atoms with Crippen molar-refractivity contribution in [2.24, 2.45) is 0 Å². The Morgan fingerprint density at radius 1 is 0.750 bits per heavy atom. The summed E-state index contributed by atoms with van der Waals surface area (Å²) in [5.41, 5.74) is 0.986. The van der Waals surface area contributed by atoms with Gasteiger partial charge in [0.05, 0.1) is 0 Å².